The van der Waals surface area contributed by atoms with Gasteiger partial charge in [-0.15, -0.1) is 0 Å². The van der Waals surface area contributed by atoms with Crippen LogP contribution < -0.4 is 0 Å². The largest absolute Gasteiger partial charge is 0.463 e. The van der Waals surface area contributed by atoms with Gasteiger partial charge in [-0.25, -0.2) is 4.79 Å². The number of allylic oxidation sites excluding steroid dienone is 3. The van der Waals surface area contributed by atoms with E-state index in [1.807, 2.05) is 13.0 Å². The van der Waals surface area contributed by atoms with Gasteiger partial charge in [-0.2, -0.15) is 0 Å². The van der Waals surface area contributed by atoms with Gasteiger partial charge in [-0.1, -0.05) is 43.8 Å². The van der Waals surface area contributed by atoms with Crippen LogP contribution in [0.3, 0.4) is 0 Å². The molecule has 0 amide bonds. The van der Waals surface area contributed by atoms with E-state index in [0.717, 1.165) is 11.6 Å². The maximum absolute atomic E-state index is 12.0. The first kappa shape index (κ1) is 16.2. The van der Waals surface area contributed by atoms with Crippen LogP contribution >= 0.6 is 0 Å². The summed E-state index contributed by atoms with van der Waals surface area (Å²) in [5.41, 5.74) is 2.35. The minimum absolute atomic E-state index is 0.127. The summed E-state index contributed by atoms with van der Waals surface area (Å²) < 4.78 is 5.18. The molecule has 1 aliphatic carbocycles. The smallest absolute Gasteiger partial charge is 0.333 e. The molecule has 3 heteroatoms. The fourth-order valence-electron chi connectivity index (χ4n) is 2.39. The molecule has 0 radical (unpaired) electrons. The molecule has 19 heavy (non-hydrogen) atoms. The molecule has 1 fully saturated rings. The second-order valence-electron chi connectivity index (χ2n) is 6.54. The first-order valence-corrected chi connectivity index (χ1v) is 11.2. The lowest BCUT2D eigenvalue weighted by atomic mass is 9.94. The number of hydrogen-bond donors (Lipinski definition) is 0. The Hall–Kier alpha value is -0.833. The summed E-state index contributed by atoms with van der Waals surface area (Å²) in [7, 11) is -1.30. The monoisotopic (exact) mass is 280 g/mol. The Bertz CT molecular complexity index is 353. The van der Waals surface area contributed by atoms with Crippen LogP contribution in [0.4, 0.5) is 0 Å². The molecular formula is C16H28O2Si. The third-order valence-electron chi connectivity index (χ3n) is 3.27. The van der Waals surface area contributed by atoms with Crippen LogP contribution in [0.2, 0.25) is 25.7 Å². The lowest BCUT2D eigenvalue weighted by Crippen LogP contribution is -2.23. The molecule has 1 saturated carbocycles. The molecule has 108 valence electrons. The van der Waals surface area contributed by atoms with Crippen LogP contribution in [0.15, 0.2) is 23.3 Å². The standard InChI is InChI=1S/C16H28O2Si/c1-5-18-16(17)15(13-19(2,3)4)12-11-14-9-7-6-8-10-14/h11-12H,5-10,13H2,1-4H3/b15-12-. The summed E-state index contributed by atoms with van der Waals surface area (Å²) in [4.78, 5) is 12.0. The van der Waals surface area contributed by atoms with Crippen molar-refractivity contribution in [3.8, 4) is 0 Å². The lowest BCUT2D eigenvalue weighted by Gasteiger charge is -2.17. The summed E-state index contributed by atoms with van der Waals surface area (Å²) in [5, 5.41) is 0. The van der Waals surface area contributed by atoms with Gasteiger partial charge in [-0.05, 0) is 38.7 Å². The van der Waals surface area contributed by atoms with E-state index in [2.05, 4.69) is 25.7 Å². The summed E-state index contributed by atoms with van der Waals surface area (Å²) >= 11 is 0. The maximum Gasteiger partial charge on any atom is 0.333 e. The van der Waals surface area contributed by atoms with Crippen LogP contribution in [0.1, 0.15) is 39.0 Å². The number of rotatable bonds is 5. The molecule has 0 aliphatic heterocycles. The van der Waals surface area contributed by atoms with Gasteiger partial charge in [0.05, 0.1) is 6.61 Å². The van der Waals surface area contributed by atoms with Gasteiger partial charge in [0.2, 0.25) is 0 Å². The summed E-state index contributed by atoms with van der Waals surface area (Å²) in [6.07, 6.45) is 10.5. The molecule has 0 saturated heterocycles. The highest BCUT2D eigenvalue weighted by Crippen LogP contribution is 2.24. The summed E-state index contributed by atoms with van der Waals surface area (Å²) in [6.45, 7) is 9.18. The van der Waals surface area contributed by atoms with Crippen molar-refractivity contribution < 1.29 is 9.53 Å². The van der Waals surface area contributed by atoms with Gasteiger partial charge in [0.25, 0.3) is 0 Å². The van der Waals surface area contributed by atoms with Crippen LogP contribution in [-0.2, 0) is 9.53 Å². The third-order valence-corrected chi connectivity index (χ3v) is 4.72. The van der Waals surface area contributed by atoms with Crippen molar-refractivity contribution >= 4 is 14.0 Å². The van der Waals surface area contributed by atoms with Gasteiger partial charge in [0.15, 0.2) is 0 Å². The topological polar surface area (TPSA) is 26.3 Å². The minimum atomic E-state index is -1.30. The molecule has 1 aliphatic rings. The van der Waals surface area contributed by atoms with E-state index in [4.69, 9.17) is 4.74 Å². The maximum atomic E-state index is 12.0. The van der Waals surface area contributed by atoms with Gasteiger partial charge < -0.3 is 4.74 Å². The van der Waals surface area contributed by atoms with Crippen molar-refractivity contribution in [2.45, 2.75) is 64.7 Å². The molecule has 0 spiro atoms. The Morgan fingerprint density at radius 1 is 1.21 bits per heavy atom. The quantitative estimate of drug-likeness (QED) is 0.414. The SMILES string of the molecule is CCOC(=O)/C(=C\C=C1CCCCC1)C[Si](C)(C)C. The Kier molecular flexibility index (Phi) is 6.56. The van der Waals surface area contributed by atoms with Crippen molar-refractivity contribution in [1.29, 1.82) is 0 Å². The summed E-state index contributed by atoms with van der Waals surface area (Å²) in [6, 6.07) is 0.898. The van der Waals surface area contributed by atoms with Gasteiger partial charge in [0, 0.05) is 13.6 Å². The van der Waals surface area contributed by atoms with E-state index < -0.39 is 8.07 Å². The van der Waals surface area contributed by atoms with E-state index >= 15 is 0 Å². The van der Waals surface area contributed by atoms with Crippen LogP contribution in [0.25, 0.3) is 0 Å². The second-order valence-corrected chi connectivity index (χ2v) is 12.0. The minimum Gasteiger partial charge on any atom is -0.463 e. The zero-order valence-corrected chi connectivity index (χ0v) is 13.9. The predicted octanol–water partition coefficient (Wildman–Crippen LogP) is 4.70. The lowest BCUT2D eigenvalue weighted by molar-refractivity contribution is -0.138. The van der Waals surface area contributed by atoms with E-state index in [9.17, 15) is 4.79 Å². The van der Waals surface area contributed by atoms with E-state index in [1.165, 1.54) is 37.7 Å². The Morgan fingerprint density at radius 2 is 1.84 bits per heavy atom. The number of carbonyl (C=O) groups excluding carboxylic acids is 1. The number of ether oxygens (including phenoxy) is 1. The fourth-order valence-corrected chi connectivity index (χ4v) is 3.79. The first-order chi connectivity index (χ1) is 8.92. The third kappa shape index (κ3) is 6.76. The Balaban J connectivity index is 2.79. The van der Waals surface area contributed by atoms with E-state index in [1.54, 1.807) is 0 Å². The van der Waals surface area contributed by atoms with Crippen LogP contribution in [-0.4, -0.2) is 20.7 Å². The molecule has 2 nitrogen and oxygen atoms in total. The van der Waals surface area contributed by atoms with Gasteiger partial charge >= 0.3 is 5.97 Å². The zero-order chi connectivity index (χ0) is 14.3. The van der Waals surface area contributed by atoms with Crippen LogP contribution in [0.5, 0.6) is 0 Å². The zero-order valence-electron chi connectivity index (χ0n) is 12.9. The number of carbonyl (C=O) groups is 1. The number of hydrogen-bond acceptors (Lipinski definition) is 2. The highest BCUT2D eigenvalue weighted by Gasteiger charge is 2.20. The number of esters is 1. The molecule has 1 rings (SSSR count). The summed E-state index contributed by atoms with van der Waals surface area (Å²) in [5.74, 6) is -0.127. The fraction of sp³-hybridized carbons (Fsp3) is 0.688. The predicted molar refractivity (Wildman–Crippen MR) is 84.0 cm³/mol. The molecule has 0 aromatic heterocycles. The second kappa shape index (κ2) is 7.68. The first-order valence-electron chi connectivity index (χ1n) is 7.48. The van der Waals surface area contributed by atoms with Gasteiger partial charge in [-0.3, -0.25) is 0 Å². The molecule has 0 atom stereocenters. The average Bonchev–Trinajstić information content (AvgIpc) is 2.34. The van der Waals surface area contributed by atoms with Crippen molar-refractivity contribution in [3.05, 3.63) is 23.3 Å². The normalized spacial score (nSPS) is 17.3. The van der Waals surface area contributed by atoms with E-state index in [0.29, 0.717) is 6.61 Å². The molecule has 0 aromatic rings. The average molecular weight is 280 g/mol. The Labute approximate surface area is 118 Å². The molecule has 0 unspecified atom stereocenters. The highest BCUT2D eigenvalue weighted by molar-refractivity contribution is 6.77. The molecule has 0 heterocycles. The van der Waals surface area contributed by atoms with Crippen molar-refractivity contribution in [3.63, 3.8) is 0 Å². The molecular weight excluding hydrogens is 252 g/mol. The molecule has 0 bridgehead atoms. The Morgan fingerprint density at radius 3 is 2.37 bits per heavy atom. The van der Waals surface area contributed by atoms with E-state index in [-0.39, 0.29) is 5.97 Å². The van der Waals surface area contributed by atoms with Crippen molar-refractivity contribution in [2.75, 3.05) is 6.61 Å². The van der Waals surface area contributed by atoms with Crippen molar-refractivity contribution in [2.24, 2.45) is 0 Å². The van der Waals surface area contributed by atoms with Crippen LogP contribution in [0, 0.1) is 0 Å². The molecule has 0 aromatic carbocycles. The molecule has 0 N–H and O–H groups in total. The van der Waals surface area contributed by atoms with Gasteiger partial charge in [0.1, 0.15) is 0 Å². The van der Waals surface area contributed by atoms with Crippen molar-refractivity contribution in [1.82, 2.24) is 0 Å². The highest BCUT2D eigenvalue weighted by atomic mass is 28.3.